The number of aromatic nitrogens is 2. The fourth-order valence-corrected chi connectivity index (χ4v) is 2.15. The van der Waals surface area contributed by atoms with Gasteiger partial charge >= 0.3 is 0 Å². The molecule has 1 aromatic heterocycles. The molecule has 0 saturated heterocycles. The van der Waals surface area contributed by atoms with E-state index in [1.54, 1.807) is 49.3 Å². The Morgan fingerprint density at radius 3 is 2.43 bits per heavy atom. The van der Waals surface area contributed by atoms with E-state index in [1.807, 2.05) is 6.92 Å². The second kappa shape index (κ2) is 6.35. The molecule has 2 rings (SSSR count). The van der Waals surface area contributed by atoms with Crippen LogP contribution in [0.1, 0.15) is 39.8 Å². The molecule has 0 N–H and O–H groups in total. The van der Waals surface area contributed by atoms with E-state index in [0.717, 1.165) is 5.69 Å². The van der Waals surface area contributed by atoms with Crippen molar-refractivity contribution in [1.82, 2.24) is 9.78 Å². The van der Waals surface area contributed by atoms with Gasteiger partial charge < -0.3 is 4.74 Å². The van der Waals surface area contributed by atoms with Gasteiger partial charge in [0.15, 0.2) is 11.6 Å². The topological polar surface area (TPSA) is 61.2 Å². The molecule has 0 spiro atoms. The number of carbonyl (C=O) groups is 2. The van der Waals surface area contributed by atoms with Crippen molar-refractivity contribution in [1.29, 1.82) is 0 Å². The summed E-state index contributed by atoms with van der Waals surface area (Å²) >= 11 is 0. The molecule has 2 aromatic rings. The lowest BCUT2D eigenvalue weighted by atomic mass is 10.0. The molecule has 0 aliphatic heterocycles. The first-order valence-electron chi connectivity index (χ1n) is 6.78. The summed E-state index contributed by atoms with van der Waals surface area (Å²) in [5.41, 5.74) is 1.76. The summed E-state index contributed by atoms with van der Waals surface area (Å²) in [6.45, 7) is 1.93. The molecule has 0 aliphatic rings. The third-order valence-corrected chi connectivity index (χ3v) is 3.27. The zero-order valence-electron chi connectivity index (χ0n) is 12.4. The lowest BCUT2D eigenvalue weighted by Crippen LogP contribution is -2.09. The smallest absolute Gasteiger partial charge is 0.174 e. The van der Waals surface area contributed by atoms with Gasteiger partial charge in [-0.3, -0.25) is 14.3 Å². The van der Waals surface area contributed by atoms with Gasteiger partial charge in [0.25, 0.3) is 0 Å². The summed E-state index contributed by atoms with van der Waals surface area (Å²) in [7, 11) is 3.33. The summed E-state index contributed by atoms with van der Waals surface area (Å²) in [5, 5.41) is 4.22. The van der Waals surface area contributed by atoms with Crippen LogP contribution in [0.2, 0.25) is 0 Å². The van der Waals surface area contributed by atoms with Crippen molar-refractivity contribution in [2.45, 2.75) is 19.8 Å². The Morgan fingerprint density at radius 1 is 1.19 bits per heavy atom. The van der Waals surface area contributed by atoms with E-state index in [0.29, 0.717) is 23.3 Å². The van der Waals surface area contributed by atoms with Crippen LogP contribution in [-0.4, -0.2) is 28.5 Å². The van der Waals surface area contributed by atoms with Gasteiger partial charge in [-0.2, -0.15) is 5.10 Å². The van der Waals surface area contributed by atoms with Crippen LogP contribution in [0.4, 0.5) is 0 Å². The number of ketones is 2. The number of aryl methyl sites for hydroxylation is 2. The first-order chi connectivity index (χ1) is 10.0. The molecule has 0 atom stereocenters. The normalized spacial score (nSPS) is 10.4. The second-order valence-corrected chi connectivity index (χ2v) is 4.77. The maximum Gasteiger partial charge on any atom is 0.174 e. The number of Topliss-reactive ketones (excluding diaryl/α,β-unsaturated/α-hetero) is 2. The van der Waals surface area contributed by atoms with Crippen LogP contribution >= 0.6 is 0 Å². The van der Waals surface area contributed by atoms with Crippen LogP contribution < -0.4 is 4.74 Å². The molecule has 0 radical (unpaired) electrons. The average molecular weight is 286 g/mol. The molecule has 110 valence electrons. The molecule has 0 unspecified atom stereocenters. The van der Waals surface area contributed by atoms with E-state index in [-0.39, 0.29) is 18.0 Å². The Hall–Kier alpha value is -2.43. The average Bonchev–Trinajstić information content (AvgIpc) is 2.88. The Labute approximate surface area is 123 Å². The molecule has 5 heteroatoms. The van der Waals surface area contributed by atoms with Crippen LogP contribution in [-0.2, 0) is 13.5 Å². The van der Waals surface area contributed by atoms with Gasteiger partial charge in [0.2, 0.25) is 0 Å². The summed E-state index contributed by atoms with van der Waals surface area (Å²) in [5.74, 6) is 0.285. The highest BCUT2D eigenvalue weighted by Gasteiger charge is 2.18. The van der Waals surface area contributed by atoms with Gasteiger partial charge in [-0.15, -0.1) is 0 Å². The summed E-state index contributed by atoms with van der Waals surface area (Å²) in [6.07, 6.45) is 2.19. The highest BCUT2D eigenvalue weighted by molar-refractivity contribution is 6.13. The fourth-order valence-electron chi connectivity index (χ4n) is 2.15. The number of hydrogen-bond acceptors (Lipinski definition) is 4. The highest BCUT2D eigenvalue weighted by atomic mass is 16.5. The predicted octanol–water partition coefficient (Wildman–Crippen LogP) is 2.45. The molecule has 0 aliphatic carbocycles. The quantitative estimate of drug-likeness (QED) is 0.604. The van der Waals surface area contributed by atoms with E-state index in [9.17, 15) is 9.59 Å². The molecule has 1 heterocycles. The molecule has 1 aromatic carbocycles. The second-order valence-electron chi connectivity index (χ2n) is 4.77. The minimum Gasteiger partial charge on any atom is -0.497 e. The lowest BCUT2D eigenvalue weighted by Gasteiger charge is -2.03. The largest absolute Gasteiger partial charge is 0.497 e. The number of methoxy groups -OCH3 is 1. The summed E-state index contributed by atoms with van der Waals surface area (Å²) in [6, 6.07) is 6.75. The maximum atomic E-state index is 12.2. The number of ether oxygens (including phenoxy) is 1. The van der Waals surface area contributed by atoms with E-state index in [2.05, 4.69) is 5.10 Å². The number of benzene rings is 1. The number of nitrogens with zero attached hydrogens (tertiary/aromatic N) is 2. The molecule has 0 bridgehead atoms. The Balaban J connectivity index is 2.12. The van der Waals surface area contributed by atoms with Gasteiger partial charge in [0.05, 0.1) is 24.8 Å². The molecule has 21 heavy (non-hydrogen) atoms. The number of carbonyl (C=O) groups excluding carboxylic acids is 2. The molecule has 0 fully saturated rings. The van der Waals surface area contributed by atoms with Crippen molar-refractivity contribution in [3.05, 3.63) is 47.3 Å². The van der Waals surface area contributed by atoms with Gasteiger partial charge in [-0.1, -0.05) is 6.92 Å². The minimum absolute atomic E-state index is 0.148. The van der Waals surface area contributed by atoms with E-state index in [4.69, 9.17) is 4.74 Å². The van der Waals surface area contributed by atoms with Crippen LogP contribution in [0.3, 0.4) is 0 Å². The fraction of sp³-hybridized carbons (Fsp3) is 0.312. The summed E-state index contributed by atoms with van der Waals surface area (Å²) < 4.78 is 6.64. The zero-order chi connectivity index (χ0) is 15.4. The first-order valence-corrected chi connectivity index (χ1v) is 6.78. The number of rotatable bonds is 6. The van der Waals surface area contributed by atoms with Crippen LogP contribution in [0, 0.1) is 0 Å². The van der Waals surface area contributed by atoms with Crippen molar-refractivity contribution < 1.29 is 14.3 Å². The van der Waals surface area contributed by atoms with E-state index >= 15 is 0 Å². The lowest BCUT2D eigenvalue weighted by molar-refractivity contribution is 0.0894. The third kappa shape index (κ3) is 3.37. The molecule has 0 saturated carbocycles. The highest BCUT2D eigenvalue weighted by Crippen LogP contribution is 2.15. The van der Waals surface area contributed by atoms with Crippen LogP contribution in [0.25, 0.3) is 0 Å². The monoisotopic (exact) mass is 286 g/mol. The summed E-state index contributed by atoms with van der Waals surface area (Å²) in [4.78, 5) is 24.4. The predicted molar refractivity (Wildman–Crippen MR) is 78.9 cm³/mol. The standard InChI is InChI=1S/C16H18N2O3/c1-4-14-13(10-18(2)17-14)16(20)9-15(19)11-5-7-12(21-3)8-6-11/h5-8,10H,4,9H2,1-3H3. The van der Waals surface area contributed by atoms with E-state index in [1.165, 1.54) is 0 Å². The third-order valence-electron chi connectivity index (χ3n) is 3.27. The molecular weight excluding hydrogens is 268 g/mol. The number of hydrogen-bond donors (Lipinski definition) is 0. The van der Waals surface area contributed by atoms with Crippen LogP contribution in [0.5, 0.6) is 5.75 Å². The maximum absolute atomic E-state index is 12.2. The Morgan fingerprint density at radius 2 is 1.86 bits per heavy atom. The first kappa shape index (κ1) is 15.0. The zero-order valence-corrected chi connectivity index (χ0v) is 12.4. The molecular formula is C16H18N2O3. The van der Waals surface area contributed by atoms with Gasteiger partial charge in [-0.25, -0.2) is 0 Å². The van der Waals surface area contributed by atoms with Crippen molar-refractivity contribution in [2.75, 3.05) is 7.11 Å². The van der Waals surface area contributed by atoms with Gasteiger partial charge in [0.1, 0.15) is 5.75 Å². The minimum atomic E-state index is -0.200. The van der Waals surface area contributed by atoms with Gasteiger partial charge in [-0.05, 0) is 30.7 Å². The molecule has 5 nitrogen and oxygen atoms in total. The van der Waals surface area contributed by atoms with Crippen molar-refractivity contribution >= 4 is 11.6 Å². The van der Waals surface area contributed by atoms with Gasteiger partial charge in [0, 0.05) is 18.8 Å². The van der Waals surface area contributed by atoms with Crippen molar-refractivity contribution in [3.8, 4) is 5.75 Å². The molecule has 0 amide bonds. The van der Waals surface area contributed by atoms with E-state index < -0.39 is 0 Å². The Kier molecular flexibility index (Phi) is 4.52. The van der Waals surface area contributed by atoms with Crippen molar-refractivity contribution in [2.24, 2.45) is 7.05 Å². The van der Waals surface area contributed by atoms with Crippen molar-refractivity contribution in [3.63, 3.8) is 0 Å². The Bertz CT molecular complexity index is 657. The SMILES string of the molecule is CCc1nn(C)cc1C(=O)CC(=O)c1ccc(OC)cc1. The van der Waals surface area contributed by atoms with Crippen LogP contribution in [0.15, 0.2) is 30.5 Å².